The third-order valence-corrected chi connectivity index (χ3v) is 7.84. The van der Waals surface area contributed by atoms with Crippen molar-refractivity contribution in [2.45, 2.75) is 91.6 Å². The molecule has 1 N–H and O–H groups in total. The first-order valence-electron chi connectivity index (χ1n) is 14.3. The maximum absolute atomic E-state index is 13.7. The first kappa shape index (κ1) is 29.4. The van der Waals surface area contributed by atoms with Crippen LogP contribution in [0.15, 0.2) is 22.9 Å². The third kappa shape index (κ3) is 8.14. The Morgan fingerprint density at radius 2 is 1.81 bits per heavy atom. The van der Waals surface area contributed by atoms with E-state index >= 15 is 0 Å². The van der Waals surface area contributed by atoms with Crippen molar-refractivity contribution >= 4 is 17.7 Å². The van der Waals surface area contributed by atoms with Crippen LogP contribution in [-0.4, -0.2) is 90.4 Å². The molecule has 0 aromatic carbocycles. The van der Waals surface area contributed by atoms with E-state index in [4.69, 9.17) is 4.74 Å². The van der Waals surface area contributed by atoms with Gasteiger partial charge in [-0.15, -0.1) is 0 Å². The molecule has 8 nitrogen and oxygen atoms in total. The van der Waals surface area contributed by atoms with Crippen molar-refractivity contribution in [3.8, 4) is 0 Å². The minimum absolute atomic E-state index is 0.0189. The molecule has 2 heterocycles. The maximum Gasteiger partial charge on any atom is 0.252 e. The van der Waals surface area contributed by atoms with Crippen LogP contribution in [0.5, 0.6) is 0 Å². The van der Waals surface area contributed by atoms with Crippen LogP contribution in [0, 0.1) is 5.92 Å². The number of morpholine rings is 1. The van der Waals surface area contributed by atoms with E-state index in [1.54, 1.807) is 4.90 Å². The summed E-state index contributed by atoms with van der Waals surface area (Å²) in [6.45, 7) is 15.1. The van der Waals surface area contributed by atoms with Crippen LogP contribution in [-0.2, 0) is 19.1 Å². The van der Waals surface area contributed by atoms with Gasteiger partial charge in [-0.05, 0) is 73.1 Å². The number of carbonyl (C=O) groups is 3. The number of nitrogens with one attached hydrogen (secondary N) is 1. The summed E-state index contributed by atoms with van der Waals surface area (Å²) in [4.78, 5) is 46.2. The van der Waals surface area contributed by atoms with Gasteiger partial charge in [0.1, 0.15) is 0 Å². The molecular formula is C29H48N4O4. The van der Waals surface area contributed by atoms with Crippen LogP contribution in [0.2, 0.25) is 0 Å². The van der Waals surface area contributed by atoms with Gasteiger partial charge >= 0.3 is 0 Å². The van der Waals surface area contributed by atoms with Crippen molar-refractivity contribution < 1.29 is 19.1 Å². The fraction of sp³-hybridized carbons (Fsp3) is 0.759. The number of amides is 3. The highest BCUT2D eigenvalue weighted by Gasteiger charge is 2.38. The molecule has 2 aliphatic heterocycles. The number of hydrogen-bond donors (Lipinski definition) is 1. The second-order valence-corrected chi connectivity index (χ2v) is 11.2. The van der Waals surface area contributed by atoms with Gasteiger partial charge in [-0.25, -0.2) is 0 Å². The quantitative estimate of drug-likeness (QED) is 0.425. The van der Waals surface area contributed by atoms with Crippen LogP contribution in [0.4, 0.5) is 0 Å². The number of carbonyl (C=O) groups excluding carboxylic acids is 3. The summed E-state index contributed by atoms with van der Waals surface area (Å²) in [5, 5.41) is 3.00. The summed E-state index contributed by atoms with van der Waals surface area (Å²) in [6, 6.07) is 0.0985. The number of nitrogens with zero attached hydrogens (tertiary/aromatic N) is 3. The maximum atomic E-state index is 13.7. The molecule has 1 atom stereocenters. The van der Waals surface area contributed by atoms with E-state index in [2.05, 4.69) is 16.3 Å². The van der Waals surface area contributed by atoms with Crippen molar-refractivity contribution in [3.63, 3.8) is 0 Å². The van der Waals surface area contributed by atoms with Crippen LogP contribution in [0.1, 0.15) is 79.6 Å². The summed E-state index contributed by atoms with van der Waals surface area (Å²) in [5.41, 5.74) is 2.82. The standard InChI is InChI=1S/C29H48N4O4/c1-21(2)33(22(3)4)29(36)26-19-25(20-27(34)30-12-14-31-15-17-37-18-16-31)28(35)32(23(26)5)13-11-24-9-7-6-8-10-24/h9,21-22,25H,6-8,10-20H2,1-5H3,(H,30,34). The van der Waals surface area contributed by atoms with Crippen LogP contribution in [0.3, 0.4) is 0 Å². The first-order chi connectivity index (χ1) is 17.7. The minimum atomic E-state index is -0.521. The Bertz CT molecular complexity index is 865. The predicted octanol–water partition coefficient (Wildman–Crippen LogP) is 3.48. The van der Waals surface area contributed by atoms with Crippen LogP contribution >= 0.6 is 0 Å². The molecule has 0 spiro atoms. The van der Waals surface area contributed by atoms with Gasteiger partial charge in [-0.3, -0.25) is 19.3 Å². The fourth-order valence-corrected chi connectivity index (χ4v) is 5.79. The largest absolute Gasteiger partial charge is 0.379 e. The number of allylic oxidation sites excluding steroid dienone is 2. The molecule has 0 aromatic rings. The van der Waals surface area contributed by atoms with Gasteiger partial charge in [0.15, 0.2) is 0 Å². The minimum Gasteiger partial charge on any atom is -0.379 e. The molecule has 1 saturated heterocycles. The van der Waals surface area contributed by atoms with E-state index in [0.29, 0.717) is 25.1 Å². The van der Waals surface area contributed by atoms with E-state index in [9.17, 15) is 14.4 Å². The van der Waals surface area contributed by atoms with Gasteiger partial charge in [-0.2, -0.15) is 0 Å². The molecular weight excluding hydrogens is 468 g/mol. The number of rotatable bonds is 11. The molecule has 3 rings (SSSR count). The highest BCUT2D eigenvalue weighted by atomic mass is 16.5. The Morgan fingerprint density at radius 3 is 2.43 bits per heavy atom. The summed E-state index contributed by atoms with van der Waals surface area (Å²) < 4.78 is 5.38. The van der Waals surface area contributed by atoms with Crippen LogP contribution in [0.25, 0.3) is 0 Å². The van der Waals surface area contributed by atoms with Crippen molar-refractivity contribution in [2.24, 2.45) is 5.92 Å². The molecule has 1 aliphatic carbocycles. The molecule has 0 aromatic heterocycles. The molecule has 1 fully saturated rings. The zero-order valence-corrected chi connectivity index (χ0v) is 23.7. The summed E-state index contributed by atoms with van der Waals surface area (Å²) in [7, 11) is 0. The Labute approximate surface area is 223 Å². The van der Waals surface area contributed by atoms with Crippen LogP contribution < -0.4 is 5.32 Å². The number of hydrogen-bond acceptors (Lipinski definition) is 5. The van der Waals surface area contributed by atoms with Crippen molar-refractivity contribution in [1.29, 1.82) is 0 Å². The summed E-state index contributed by atoms with van der Waals surface area (Å²) in [5.74, 6) is -0.700. The Balaban J connectivity index is 1.72. The summed E-state index contributed by atoms with van der Waals surface area (Å²) in [6.07, 6.45) is 8.16. The zero-order chi connectivity index (χ0) is 26.9. The highest BCUT2D eigenvalue weighted by Crippen LogP contribution is 2.32. The Morgan fingerprint density at radius 1 is 1.11 bits per heavy atom. The Hall–Kier alpha value is -2.19. The third-order valence-electron chi connectivity index (χ3n) is 7.84. The van der Waals surface area contributed by atoms with Crippen molar-refractivity contribution in [3.05, 3.63) is 22.9 Å². The fourth-order valence-electron chi connectivity index (χ4n) is 5.79. The molecule has 0 bridgehead atoms. The molecule has 3 aliphatic rings. The summed E-state index contributed by atoms with van der Waals surface area (Å²) >= 11 is 0. The Kier molecular flexibility index (Phi) is 11.2. The molecule has 8 heteroatoms. The lowest BCUT2D eigenvalue weighted by Gasteiger charge is -2.38. The van der Waals surface area contributed by atoms with E-state index in [-0.39, 0.29) is 36.2 Å². The predicted molar refractivity (Wildman–Crippen MR) is 146 cm³/mol. The van der Waals surface area contributed by atoms with Gasteiger partial charge in [0.05, 0.1) is 19.1 Å². The normalized spacial score (nSPS) is 21.5. The van der Waals surface area contributed by atoms with Crippen molar-refractivity contribution in [1.82, 2.24) is 20.0 Å². The van der Waals surface area contributed by atoms with Gasteiger partial charge in [0.2, 0.25) is 11.8 Å². The molecule has 0 saturated carbocycles. The second kappa shape index (κ2) is 14.1. The van der Waals surface area contributed by atoms with Gasteiger partial charge < -0.3 is 19.9 Å². The van der Waals surface area contributed by atoms with E-state index in [0.717, 1.165) is 57.8 Å². The van der Waals surface area contributed by atoms with E-state index < -0.39 is 5.92 Å². The SMILES string of the molecule is CC1=C(C(=O)N(C(C)C)C(C)C)CC(CC(=O)NCCN2CCOCC2)C(=O)N1CCC1=CCCCC1. The average molecular weight is 517 g/mol. The van der Waals surface area contributed by atoms with Gasteiger partial charge in [0, 0.05) is 62.5 Å². The first-order valence-corrected chi connectivity index (χ1v) is 14.3. The number of ether oxygens (including phenoxy) is 1. The smallest absolute Gasteiger partial charge is 0.252 e. The lowest BCUT2D eigenvalue weighted by Crippen LogP contribution is -2.48. The topological polar surface area (TPSA) is 82.2 Å². The van der Waals surface area contributed by atoms with Crippen molar-refractivity contribution in [2.75, 3.05) is 45.9 Å². The zero-order valence-electron chi connectivity index (χ0n) is 23.7. The lowest BCUT2D eigenvalue weighted by molar-refractivity contribution is -0.139. The molecule has 0 radical (unpaired) electrons. The second-order valence-electron chi connectivity index (χ2n) is 11.2. The molecule has 37 heavy (non-hydrogen) atoms. The monoisotopic (exact) mass is 516 g/mol. The van der Waals surface area contributed by atoms with E-state index in [1.165, 1.54) is 18.4 Å². The highest BCUT2D eigenvalue weighted by molar-refractivity contribution is 5.98. The van der Waals surface area contributed by atoms with E-state index in [1.807, 2.05) is 39.5 Å². The lowest BCUT2D eigenvalue weighted by atomic mass is 9.87. The molecule has 3 amide bonds. The molecule has 208 valence electrons. The average Bonchev–Trinajstić information content (AvgIpc) is 2.86. The molecule has 1 unspecified atom stereocenters. The van der Waals surface area contributed by atoms with Gasteiger partial charge in [-0.1, -0.05) is 11.6 Å². The van der Waals surface area contributed by atoms with Gasteiger partial charge in [0.25, 0.3) is 5.91 Å².